The topological polar surface area (TPSA) is 76.1 Å². The number of ether oxygens (including phenoxy) is 1. The Morgan fingerprint density at radius 1 is 1.14 bits per heavy atom. The Bertz CT molecular complexity index is 602. The fraction of sp³-hybridized carbons (Fsp3) is 0.267. The van der Waals surface area contributed by atoms with Crippen molar-refractivity contribution in [1.29, 1.82) is 0 Å². The maximum absolute atomic E-state index is 12.0. The van der Waals surface area contributed by atoms with E-state index >= 15 is 0 Å². The average molecular weight is 365 g/mol. The van der Waals surface area contributed by atoms with E-state index in [9.17, 15) is 4.79 Å². The lowest BCUT2D eigenvalue weighted by Crippen LogP contribution is -2.14. The smallest absolute Gasteiger partial charge is 0.256 e. The molecule has 6 nitrogen and oxygen atoms in total. The molecule has 0 unspecified atom stereocenters. The molecule has 2 aromatic rings. The second-order valence-electron chi connectivity index (χ2n) is 4.54. The molecule has 0 saturated heterocycles. The number of rotatable bonds is 7. The summed E-state index contributed by atoms with van der Waals surface area (Å²) in [5, 5.41) is 13.8. The number of hydrogen-bond acceptors (Lipinski definition) is 5. The van der Waals surface area contributed by atoms with Crippen molar-refractivity contribution >= 4 is 33.5 Å². The lowest BCUT2D eigenvalue weighted by atomic mass is 10.2. The lowest BCUT2D eigenvalue weighted by molar-refractivity contribution is 0.102. The molecule has 1 aromatic heterocycles. The molecule has 116 valence electrons. The molecule has 0 saturated carbocycles. The maximum Gasteiger partial charge on any atom is 0.256 e. The van der Waals surface area contributed by atoms with Gasteiger partial charge in [-0.25, -0.2) is 0 Å². The zero-order valence-corrected chi connectivity index (χ0v) is 13.8. The van der Waals surface area contributed by atoms with Gasteiger partial charge >= 0.3 is 0 Å². The van der Waals surface area contributed by atoms with Crippen molar-refractivity contribution in [3.63, 3.8) is 0 Å². The third-order valence-electron chi connectivity index (χ3n) is 2.84. The molecular weight excluding hydrogens is 348 g/mol. The van der Waals surface area contributed by atoms with E-state index in [4.69, 9.17) is 4.74 Å². The van der Waals surface area contributed by atoms with Gasteiger partial charge in [-0.1, -0.05) is 15.9 Å². The second kappa shape index (κ2) is 8.45. The van der Waals surface area contributed by atoms with Crippen molar-refractivity contribution in [2.24, 2.45) is 0 Å². The van der Waals surface area contributed by atoms with Crippen LogP contribution in [0.5, 0.6) is 0 Å². The van der Waals surface area contributed by atoms with E-state index in [2.05, 4.69) is 36.8 Å². The van der Waals surface area contributed by atoms with E-state index in [-0.39, 0.29) is 5.91 Å². The molecule has 0 fully saturated rings. The summed E-state index contributed by atoms with van der Waals surface area (Å²) < 4.78 is 5.89. The van der Waals surface area contributed by atoms with Crippen LogP contribution in [0.2, 0.25) is 0 Å². The van der Waals surface area contributed by atoms with Gasteiger partial charge in [0.25, 0.3) is 5.91 Å². The molecule has 2 rings (SSSR count). The summed E-state index contributed by atoms with van der Waals surface area (Å²) in [6.07, 6.45) is 0.889. The molecule has 1 amide bonds. The van der Waals surface area contributed by atoms with E-state index in [1.165, 1.54) is 0 Å². The highest BCUT2D eigenvalue weighted by Gasteiger charge is 2.07. The first-order valence-electron chi connectivity index (χ1n) is 6.82. The summed E-state index contributed by atoms with van der Waals surface area (Å²) in [4.78, 5) is 12.0. The maximum atomic E-state index is 12.0. The number of amides is 1. The summed E-state index contributed by atoms with van der Waals surface area (Å²) in [5.74, 6) is 0.857. The minimum atomic E-state index is -0.220. The molecule has 0 aliphatic rings. The third-order valence-corrected chi connectivity index (χ3v) is 3.37. The van der Waals surface area contributed by atoms with Crippen LogP contribution in [0.1, 0.15) is 16.8 Å². The van der Waals surface area contributed by atoms with Gasteiger partial charge in [0.05, 0.1) is 0 Å². The Morgan fingerprint density at radius 3 is 2.45 bits per heavy atom. The van der Waals surface area contributed by atoms with Crippen LogP contribution in [-0.2, 0) is 4.74 Å². The average Bonchev–Trinajstić information content (AvgIpc) is 2.54. The fourth-order valence-electron chi connectivity index (χ4n) is 1.72. The van der Waals surface area contributed by atoms with E-state index in [0.29, 0.717) is 23.8 Å². The highest BCUT2D eigenvalue weighted by Crippen LogP contribution is 2.12. The first kappa shape index (κ1) is 16.4. The monoisotopic (exact) mass is 364 g/mol. The van der Waals surface area contributed by atoms with Gasteiger partial charge in [-0.05, 0) is 42.8 Å². The van der Waals surface area contributed by atoms with Crippen molar-refractivity contribution in [3.8, 4) is 0 Å². The summed E-state index contributed by atoms with van der Waals surface area (Å²) >= 11 is 3.33. The molecule has 0 radical (unpaired) electrons. The number of nitrogens with one attached hydrogen (secondary N) is 2. The van der Waals surface area contributed by atoms with Gasteiger partial charge in [0.2, 0.25) is 0 Å². The van der Waals surface area contributed by atoms with Crippen LogP contribution in [0.25, 0.3) is 0 Å². The molecule has 0 aliphatic heterocycles. The predicted octanol–water partition coefficient (Wildman–Crippen LogP) is 2.94. The van der Waals surface area contributed by atoms with Gasteiger partial charge in [-0.3, -0.25) is 4.79 Å². The number of halogens is 1. The van der Waals surface area contributed by atoms with Crippen LogP contribution < -0.4 is 10.6 Å². The molecule has 0 spiro atoms. The molecule has 1 heterocycles. The molecule has 22 heavy (non-hydrogen) atoms. The van der Waals surface area contributed by atoms with Gasteiger partial charge in [0.15, 0.2) is 5.82 Å². The van der Waals surface area contributed by atoms with Crippen molar-refractivity contribution in [3.05, 3.63) is 46.4 Å². The van der Waals surface area contributed by atoms with Crippen molar-refractivity contribution in [2.75, 3.05) is 30.9 Å². The number of benzene rings is 1. The van der Waals surface area contributed by atoms with Gasteiger partial charge < -0.3 is 15.4 Å². The number of carbonyl (C=O) groups excluding carboxylic acids is 1. The Balaban J connectivity index is 1.88. The molecular formula is C15H17BrN4O2. The van der Waals surface area contributed by atoms with Crippen LogP contribution in [0.3, 0.4) is 0 Å². The van der Waals surface area contributed by atoms with E-state index in [1.54, 1.807) is 31.4 Å². The SMILES string of the molecule is COCCCNc1ccc(NC(=O)c2ccc(Br)cc2)nn1. The molecule has 7 heteroatoms. The quantitative estimate of drug-likeness (QED) is 0.738. The third kappa shape index (κ3) is 5.09. The van der Waals surface area contributed by atoms with Crippen LogP contribution >= 0.6 is 15.9 Å². The van der Waals surface area contributed by atoms with Crippen LogP contribution in [0.4, 0.5) is 11.6 Å². The Kier molecular flexibility index (Phi) is 6.29. The Labute approximate surface area is 137 Å². The van der Waals surface area contributed by atoms with Gasteiger partial charge in [-0.15, -0.1) is 10.2 Å². The normalized spacial score (nSPS) is 10.3. The number of aromatic nitrogens is 2. The zero-order valence-electron chi connectivity index (χ0n) is 12.2. The number of methoxy groups -OCH3 is 1. The molecule has 0 bridgehead atoms. The van der Waals surface area contributed by atoms with Crippen LogP contribution in [0, 0.1) is 0 Å². The fourth-order valence-corrected chi connectivity index (χ4v) is 1.98. The summed E-state index contributed by atoms with van der Waals surface area (Å²) in [6, 6.07) is 10.6. The minimum Gasteiger partial charge on any atom is -0.385 e. The largest absolute Gasteiger partial charge is 0.385 e. The molecule has 0 aliphatic carbocycles. The number of anilines is 2. The lowest BCUT2D eigenvalue weighted by Gasteiger charge is -2.06. The van der Waals surface area contributed by atoms with Crippen molar-refractivity contribution in [1.82, 2.24) is 10.2 Å². The van der Waals surface area contributed by atoms with Gasteiger partial charge in [0, 0.05) is 30.3 Å². The molecule has 1 aromatic carbocycles. The number of nitrogens with zero attached hydrogens (tertiary/aromatic N) is 2. The number of hydrogen-bond donors (Lipinski definition) is 2. The number of carbonyl (C=O) groups is 1. The van der Waals surface area contributed by atoms with Crippen LogP contribution in [-0.4, -0.2) is 36.4 Å². The summed E-state index contributed by atoms with van der Waals surface area (Å²) in [5.41, 5.74) is 0.562. The Morgan fingerprint density at radius 2 is 1.82 bits per heavy atom. The summed E-state index contributed by atoms with van der Waals surface area (Å²) in [7, 11) is 1.67. The molecule has 2 N–H and O–H groups in total. The first-order valence-corrected chi connectivity index (χ1v) is 7.62. The minimum absolute atomic E-state index is 0.220. The first-order chi connectivity index (χ1) is 10.7. The van der Waals surface area contributed by atoms with Crippen molar-refractivity contribution < 1.29 is 9.53 Å². The molecule has 0 atom stereocenters. The second-order valence-corrected chi connectivity index (χ2v) is 5.45. The van der Waals surface area contributed by atoms with Crippen molar-refractivity contribution in [2.45, 2.75) is 6.42 Å². The predicted molar refractivity (Wildman–Crippen MR) is 89.1 cm³/mol. The van der Waals surface area contributed by atoms with Gasteiger partial charge in [-0.2, -0.15) is 0 Å². The van der Waals surface area contributed by atoms with Crippen LogP contribution in [0.15, 0.2) is 40.9 Å². The highest BCUT2D eigenvalue weighted by molar-refractivity contribution is 9.10. The Hall–Kier alpha value is -1.99. The van der Waals surface area contributed by atoms with E-state index in [0.717, 1.165) is 17.4 Å². The zero-order chi connectivity index (χ0) is 15.8. The van der Waals surface area contributed by atoms with E-state index < -0.39 is 0 Å². The van der Waals surface area contributed by atoms with Gasteiger partial charge in [0.1, 0.15) is 5.82 Å². The summed E-state index contributed by atoms with van der Waals surface area (Å²) in [6.45, 7) is 1.45. The highest BCUT2D eigenvalue weighted by atomic mass is 79.9. The standard InChI is InChI=1S/C15H17BrN4O2/c1-22-10-2-9-17-13-7-8-14(20-19-13)18-15(21)11-3-5-12(16)6-4-11/h3-8H,2,9-10H2,1H3,(H,17,19)(H,18,20,21). The van der Waals surface area contributed by atoms with E-state index in [1.807, 2.05) is 12.1 Å².